The van der Waals surface area contributed by atoms with Crippen LogP contribution in [-0.2, 0) is 4.74 Å². The lowest BCUT2D eigenvalue weighted by molar-refractivity contribution is -0.185. The Morgan fingerprint density at radius 1 is 1.12 bits per heavy atom. The Morgan fingerprint density at radius 2 is 1.75 bits per heavy atom. The van der Waals surface area contributed by atoms with Crippen LogP contribution in [0.25, 0.3) is 0 Å². The number of ether oxygens (including phenoxy) is 1. The van der Waals surface area contributed by atoms with Crippen molar-refractivity contribution in [1.82, 2.24) is 0 Å². The van der Waals surface area contributed by atoms with E-state index >= 15 is 0 Å². The summed E-state index contributed by atoms with van der Waals surface area (Å²) in [5.74, 6) is 6.48. The number of rotatable bonds is 2. The first-order valence-electron chi connectivity index (χ1n) is 8.22. The van der Waals surface area contributed by atoms with E-state index in [1.165, 1.54) is 5.56 Å². The first kappa shape index (κ1) is 16.5. The molecule has 0 saturated carbocycles. The maximum absolute atomic E-state index is 10.2. The van der Waals surface area contributed by atoms with Gasteiger partial charge in [0.25, 0.3) is 0 Å². The van der Waals surface area contributed by atoms with Crippen LogP contribution in [0.5, 0.6) is 0 Å². The maximum Gasteiger partial charge on any atom is 0.156 e. The molecule has 0 radical (unpaired) electrons. The van der Waals surface area contributed by atoms with Crippen LogP contribution in [0, 0.1) is 17.3 Å². The molecule has 0 aromatic heterocycles. The zero-order valence-corrected chi connectivity index (χ0v) is 13.9. The lowest BCUT2D eigenvalue weighted by atomic mass is 9.67. The van der Waals surface area contributed by atoms with Gasteiger partial charge in [-0.25, -0.2) is 0 Å². The molecule has 2 aromatic rings. The minimum absolute atomic E-state index is 0.107. The fourth-order valence-electron chi connectivity index (χ4n) is 3.29. The highest BCUT2D eigenvalue weighted by molar-refractivity contribution is 5.37. The molecule has 0 spiro atoms. The Kier molecular flexibility index (Phi) is 4.85. The van der Waals surface area contributed by atoms with Crippen molar-refractivity contribution in [1.29, 1.82) is 0 Å². The van der Waals surface area contributed by atoms with Gasteiger partial charge in [-0.15, -0.1) is 6.58 Å². The fourth-order valence-corrected chi connectivity index (χ4v) is 3.29. The molecule has 1 fully saturated rings. The standard InChI is InChI=1S/C22H22O2/c1-3-22(2)19(18-12-8-5-9-13-18)16-21(23)24-20(22)15-14-17-10-6-4-7-11-17/h3-13,19-21,23H,1,16H2,2H3. The van der Waals surface area contributed by atoms with Crippen molar-refractivity contribution in [2.24, 2.45) is 5.41 Å². The van der Waals surface area contributed by atoms with Crippen LogP contribution in [0.15, 0.2) is 73.3 Å². The van der Waals surface area contributed by atoms with Crippen LogP contribution in [0.4, 0.5) is 0 Å². The monoisotopic (exact) mass is 318 g/mol. The molecule has 1 N–H and O–H groups in total. The van der Waals surface area contributed by atoms with Gasteiger partial charge in [0, 0.05) is 23.3 Å². The minimum Gasteiger partial charge on any atom is -0.368 e. The highest BCUT2D eigenvalue weighted by atomic mass is 16.6. The predicted molar refractivity (Wildman–Crippen MR) is 96.3 cm³/mol. The summed E-state index contributed by atoms with van der Waals surface area (Å²) in [6, 6.07) is 20.0. The average molecular weight is 318 g/mol. The third-order valence-corrected chi connectivity index (χ3v) is 4.81. The van der Waals surface area contributed by atoms with E-state index in [1.54, 1.807) is 0 Å². The van der Waals surface area contributed by atoms with E-state index in [0.717, 1.165) is 5.56 Å². The summed E-state index contributed by atoms with van der Waals surface area (Å²) >= 11 is 0. The molecule has 1 aliphatic heterocycles. The Hall–Kier alpha value is -2.34. The van der Waals surface area contributed by atoms with Gasteiger partial charge in [-0.3, -0.25) is 0 Å². The van der Waals surface area contributed by atoms with Crippen molar-refractivity contribution in [3.05, 3.63) is 84.4 Å². The predicted octanol–water partition coefficient (Wildman–Crippen LogP) is 4.12. The molecular weight excluding hydrogens is 296 g/mol. The molecular formula is C22H22O2. The zero-order chi connectivity index (χ0) is 17.0. The second kappa shape index (κ2) is 7.05. The Labute approximate surface area is 143 Å². The SMILES string of the molecule is C=CC1(C)C(C#Cc2ccccc2)OC(O)CC1c1ccccc1. The number of hydrogen-bond donors (Lipinski definition) is 1. The van der Waals surface area contributed by atoms with Crippen molar-refractivity contribution in [3.63, 3.8) is 0 Å². The van der Waals surface area contributed by atoms with Crippen molar-refractivity contribution in [2.45, 2.75) is 31.7 Å². The third kappa shape index (κ3) is 3.28. The Morgan fingerprint density at radius 3 is 2.38 bits per heavy atom. The summed E-state index contributed by atoms with van der Waals surface area (Å²) < 4.78 is 5.78. The van der Waals surface area contributed by atoms with Gasteiger partial charge in [-0.05, 0) is 17.7 Å². The molecule has 24 heavy (non-hydrogen) atoms. The summed E-state index contributed by atoms with van der Waals surface area (Å²) in [4.78, 5) is 0. The lowest BCUT2D eigenvalue weighted by Crippen LogP contribution is -2.46. The van der Waals surface area contributed by atoms with Gasteiger partial charge in [0.05, 0.1) is 0 Å². The molecule has 3 rings (SSSR count). The van der Waals surface area contributed by atoms with Crippen molar-refractivity contribution >= 4 is 0 Å². The van der Waals surface area contributed by atoms with Crippen LogP contribution < -0.4 is 0 Å². The van der Waals surface area contributed by atoms with E-state index in [2.05, 4.69) is 37.5 Å². The largest absolute Gasteiger partial charge is 0.368 e. The second-order valence-corrected chi connectivity index (χ2v) is 6.38. The van der Waals surface area contributed by atoms with Crippen LogP contribution in [-0.4, -0.2) is 17.5 Å². The highest BCUT2D eigenvalue weighted by Gasteiger charge is 2.45. The molecule has 4 atom stereocenters. The number of benzene rings is 2. The summed E-state index contributed by atoms with van der Waals surface area (Å²) in [6.45, 7) is 6.14. The van der Waals surface area contributed by atoms with Gasteiger partial charge in [-0.2, -0.15) is 0 Å². The molecule has 4 unspecified atom stereocenters. The van der Waals surface area contributed by atoms with Crippen molar-refractivity contribution in [3.8, 4) is 11.8 Å². The van der Waals surface area contributed by atoms with Gasteiger partial charge >= 0.3 is 0 Å². The first-order chi connectivity index (χ1) is 11.6. The molecule has 122 valence electrons. The fraction of sp³-hybridized carbons (Fsp3) is 0.273. The molecule has 0 bridgehead atoms. The second-order valence-electron chi connectivity index (χ2n) is 6.38. The number of aliphatic hydroxyl groups excluding tert-OH is 1. The quantitative estimate of drug-likeness (QED) is 0.666. The van der Waals surface area contributed by atoms with E-state index < -0.39 is 12.4 Å². The zero-order valence-electron chi connectivity index (χ0n) is 13.9. The molecule has 2 heteroatoms. The average Bonchev–Trinajstić information content (AvgIpc) is 2.63. The van der Waals surface area contributed by atoms with E-state index in [1.807, 2.05) is 54.6 Å². The van der Waals surface area contributed by atoms with Gasteiger partial charge in [0.2, 0.25) is 0 Å². The number of hydrogen-bond acceptors (Lipinski definition) is 2. The van der Waals surface area contributed by atoms with Gasteiger partial charge in [0.15, 0.2) is 6.29 Å². The first-order valence-corrected chi connectivity index (χ1v) is 8.22. The summed E-state index contributed by atoms with van der Waals surface area (Å²) in [7, 11) is 0. The molecule has 0 aliphatic carbocycles. The van der Waals surface area contributed by atoms with Crippen LogP contribution in [0.1, 0.15) is 30.4 Å². The summed E-state index contributed by atoms with van der Waals surface area (Å²) in [5, 5.41) is 10.2. The molecule has 2 aromatic carbocycles. The van der Waals surface area contributed by atoms with Gasteiger partial charge in [0.1, 0.15) is 6.10 Å². The molecule has 1 heterocycles. The molecule has 0 amide bonds. The molecule has 1 aliphatic rings. The van der Waals surface area contributed by atoms with E-state index in [4.69, 9.17) is 4.74 Å². The topological polar surface area (TPSA) is 29.5 Å². The molecule has 1 saturated heterocycles. The third-order valence-electron chi connectivity index (χ3n) is 4.81. The normalized spacial score (nSPS) is 29.3. The molecule has 2 nitrogen and oxygen atoms in total. The number of aliphatic hydroxyl groups is 1. The van der Waals surface area contributed by atoms with Crippen LogP contribution in [0.3, 0.4) is 0 Å². The van der Waals surface area contributed by atoms with E-state index in [0.29, 0.717) is 6.42 Å². The minimum atomic E-state index is -0.821. The lowest BCUT2D eigenvalue weighted by Gasteiger charge is -2.45. The van der Waals surface area contributed by atoms with Crippen LogP contribution in [0.2, 0.25) is 0 Å². The summed E-state index contributed by atoms with van der Waals surface area (Å²) in [5.41, 5.74) is 1.74. The maximum atomic E-state index is 10.2. The van der Waals surface area contributed by atoms with Gasteiger partial charge < -0.3 is 9.84 Å². The van der Waals surface area contributed by atoms with E-state index in [-0.39, 0.29) is 11.3 Å². The van der Waals surface area contributed by atoms with Crippen molar-refractivity contribution < 1.29 is 9.84 Å². The van der Waals surface area contributed by atoms with Crippen LogP contribution >= 0.6 is 0 Å². The van der Waals surface area contributed by atoms with Crippen molar-refractivity contribution in [2.75, 3.05) is 0 Å². The van der Waals surface area contributed by atoms with Gasteiger partial charge in [-0.1, -0.05) is 73.4 Å². The summed E-state index contributed by atoms with van der Waals surface area (Å²) in [6.07, 6.45) is 1.22. The Bertz CT molecular complexity index is 742. The Balaban J connectivity index is 1.96. The highest BCUT2D eigenvalue weighted by Crippen LogP contribution is 2.47. The smallest absolute Gasteiger partial charge is 0.156 e. The van der Waals surface area contributed by atoms with E-state index in [9.17, 15) is 5.11 Å².